The van der Waals surface area contributed by atoms with E-state index in [-0.39, 0.29) is 12.1 Å². The van der Waals surface area contributed by atoms with Crippen molar-refractivity contribution in [1.29, 1.82) is 0 Å². The van der Waals surface area contributed by atoms with Crippen LogP contribution < -0.4 is 14.8 Å². The Hall–Kier alpha value is -3.54. The van der Waals surface area contributed by atoms with Crippen molar-refractivity contribution >= 4 is 11.7 Å². The second-order valence-electron chi connectivity index (χ2n) is 7.20. The van der Waals surface area contributed by atoms with Gasteiger partial charge < -0.3 is 19.7 Å². The number of pyridine rings is 1. The molecule has 1 fully saturated rings. The van der Waals surface area contributed by atoms with Gasteiger partial charge in [0, 0.05) is 43.9 Å². The van der Waals surface area contributed by atoms with Gasteiger partial charge in [0.15, 0.2) is 0 Å². The number of piperidine rings is 1. The largest absolute Gasteiger partial charge is 0.495 e. The average molecular weight is 403 g/mol. The summed E-state index contributed by atoms with van der Waals surface area (Å²) in [5, 5.41) is 2.94. The van der Waals surface area contributed by atoms with Gasteiger partial charge in [0.25, 0.3) is 0 Å². The van der Waals surface area contributed by atoms with Crippen molar-refractivity contribution in [2.75, 3.05) is 25.5 Å². The zero-order valence-corrected chi connectivity index (χ0v) is 17.0. The number of likely N-dealkylation sites (tertiary alicyclic amines) is 1. The summed E-state index contributed by atoms with van der Waals surface area (Å²) >= 11 is 0. The maximum Gasteiger partial charge on any atom is 0.321 e. The number of nitrogens with zero attached hydrogens (tertiary/aromatic N) is 2. The fraction of sp³-hybridized carbons (Fsp3) is 0.250. The minimum Gasteiger partial charge on any atom is -0.495 e. The van der Waals surface area contributed by atoms with E-state index in [9.17, 15) is 4.79 Å². The van der Waals surface area contributed by atoms with E-state index in [4.69, 9.17) is 9.47 Å². The van der Waals surface area contributed by atoms with Crippen LogP contribution in [0.2, 0.25) is 0 Å². The van der Waals surface area contributed by atoms with Gasteiger partial charge in [-0.2, -0.15) is 0 Å². The highest BCUT2D eigenvalue weighted by Gasteiger charge is 2.24. The Morgan fingerprint density at radius 3 is 2.60 bits per heavy atom. The van der Waals surface area contributed by atoms with E-state index in [1.165, 1.54) is 0 Å². The van der Waals surface area contributed by atoms with Crippen molar-refractivity contribution in [2.24, 2.45) is 0 Å². The number of amides is 2. The molecule has 2 aromatic carbocycles. The van der Waals surface area contributed by atoms with E-state index in [0.29, 0.717) is 24.5 Å². The quantitative estimate of drug-likeness (QED) is 0.663. The lowest BCUT2D eigenvalue weighted by Crippen LogP contribution is -2.43. The van der Waals surface area contributed by atoms with Gasteiger partial charge >= 0.3 is 6.03 Å². The van der Waals surface area contributed by atoms with E-state index in [0.717, 1.165) is 29.7 Å². The molecule has 0 unspecified atom stereocenters. The molecular weight excluding hydrogens is 378 g/mol. The first-order chi connectivity index (χ1) is 14.7. The lowest BCUT2D eigenvalue weighted by molar-refractivity contribution is 0.115. The topological polar surface area (TPSA) is 63.7 Å². The summed E-state index contributed by atoms with van der Waals surface area (Å²) in [5.41, 5.74) is 2.82. The number of hydrogen-bond donors (Lipinski definition) is 1. The first-order valence-corrected chi connectivity index (χ1v) is 10.1. The van der Waals surface area contributed by atoms with Gasteiger partial charge in [0.2, 0.25) is 0 Å². The number of urea groups is 1. The monoisotopic (exact) mass is 403 g/mol. The summed E-state index contributed by atoms with van der Waals surface area (Å²) < 4.78 is 11.5. The van der Waals surface area contributed by atoms with Gasteiger partial charge in [-0.15, -0.1) is 0 Å². The lowest BCUT2D eigenvalue weighted by atomic mass is 10.1. The predicted octanol–water partition coefficient (Wildman–Crippen LogP) is 4.83. The number of ether oxygens (including phenoxy) is 2. The second-order valence-corrected chi connectivity index (χ2v) is 7.20. The molecule has 4 rings (SSSR count). The van der Waals surface area contributed by atoms with E-state index in [1.807, 2.05) is 65.7 Å². The lowest BCUT2D eigenvalue weighted by Gasteiger charge is -2.32. The molecule has 0 aliphatic carbocycles. The van der Waals surface area contributed by atoms with Gasteiger partial charge in [-0.25, -0.2) is 4.79 Å². The van der Waals surface area contributed by atoms with Crippen molar-refractivity contribution in [3.05, 3.63) is 73.1 Å². The smallest absolute Gasteiger partial charge is 0.321 e. The molecule has 0 bridgehead atoms. The SMILES string of the molecule is COc1ccccc1NC(=O)N1CCC(Oc2cccc(-c3cccnc3)c2)CC1. The summed E-state index contributed by atoms with van der Waals surface area (Å²) in [5.74, 6) is 1.49. The maximum atomic E-state index is 12.6. The molecule has 0 atom stereocenters. The third kappa shape index (κ3) is 4.71. The molecule has 154 valence electrons. The second kappa shape index (κ2) is 9.31. The van der Waals surface area contributed by atoms with Crippen LogP contribution in [0.3, 0.4) is 0 Å². The summed E-state index contributed by atoms with van der Waals surface area (Å²) in [4.78, 5) is 18.6. The molecule has 1 saturated heterocycles. The van der Waals surface area contributed by atoms with Crippen LogP contribution in [0.1, 0.15) is 12.8 Å². The Morgan fingerprint density at radius 2 is 1.83 bits per heavy atom. The Balaban J connectivity index is 1.32. The zero-order chi connectivity index (χ0) is 20.8. The van der Waals surface area contributed by atoms with E-state index < -0.39 is 0 Å². The number of anilines is 1. The molecule has 1 aliphatic heterocycles. The highest BCUT2D eigenvalue weighted by Crippen LogP contribution is 2.27. The molecule has 6 heteroatoms. The molecule has 0 saturated carbocycles. The third-order valence-electron chi connectivity index (χ3n) is 5.21. The van der Waals surface area contributed by atoms with Crippen LogP contribution >= 0.6 is 0 Å². The fourth-order valence-corrected chi connectivity index (χ4v) is 3.59. The number of rotatable bonds is 5. The van der Waals surface area contributed by atoms with Gasteiger partial charge in [-0.3, -0.25) is 4.98 Å². The van der Waals surface area contributed by atoms with Crippen LogP contribution in [0.4, 0.5) is 10.5 Å². The van der Waals surface area contributed by atoms with Crippen LogP contribution in [-0.4, -0.2) is 42.2 Å². The maximum absolute atomic E-state index is 12.6. The molecule has 3 aromatic rings. The number of nitrogens with one attached hydrogen (secondary N) is 1. The molecule has 1 aromatic heterocycles. The van der Waals surface area contributed by atoms with Crippen LogP contribution in [-0.2, 0) is 0 Å². The first kappa shape index (κ1) is 19.8. The van der Waals surface area contributed by atoms with E-state index in [2.05, 4.69) is 16.4 Å². The molecule has 1 aliphatic rings. The number of carbonyl (C=O) groups is 1. The number of carbonyl (C=O) groups excluding carboxylic acids is 1. The first-order valence-electron chi connectivity index (χ1n) is 10.1. The molecule has 0 spiro atoms. The normalized spacial score (nSPS) is 14.2. The predicted molar refractivity (Wildman–Crippen MR) is 117 cm³/mol. The van der Waals surface area contributed by atoms with Crippen LogP contribution in [0.15, 0.2) is 73.1 Å². The van der Waals surface area contributed by atoms with Crippen molar-refractivity contribution < 1.29 is 14.3 Å². The number of aromatic nitrogens is 1. The minimum atomic E-state index is -0.114. The molecular formula is C24H25N3O3. The summed E-state index contributed by atoms with van der Waals surface area (Å²) in [7, 11) is 1.59. The third-order valence-corrected chi connectivity index (χ3v) is 5.21. The van der Waals surface area contributed by atoms with Crippen molar-refractivity contribution in [3.8, 4) is 22.6 Å². The molecule has 30 heavy (non-hydrogen) atoms. The number of para-hydroxylation sites is 2. The average Bonchev–Trinajstić information content (AvgIpc) is 2.80. The number of hydrogen-bond acceptors (Lipinski definition) is 4. The molecule has 2 heterocycles. The van der Waals surface area contributed by atoms with Crippen LogP contribution in [0.5, 0.6) is 11.5 Å². The zero-order valence-electron chi connectivity index (χ0n) is 17.0. The fourth-order valence-electron chi connectivity index (χ4n) is 3.59. The Kier molecular flexibility index (Phi) is 6.13. The van der Waals surface area contributed by atoms with Crippen LogP contribution in [0.25, 0.3) is 11.1 Å². The summed E-state index contributed by atoms with van der Waals surface area (Å²) in [6.07, 6.45) is 5.27. The van der Waals surface area contributed by atoms with Crippen LogP contribution in [0, 0.1) is 0 Å². The summed E-state index contributed by atoms with van der Waals surface area (Å²) in [6, 6.07) is 19.3. The van der Waals surface area contributed by atoms with Crippen molar-refractivity contribution in [1.82, 2.24) is 9.88 Å². The van der Waals surface area contributed by atoms with Gasteiger partial charge in [0.1, 0.15) is 17.6 Å². The number of benzene rings is 2. The van der Waals surface area contributed by atoms with E-state index >= 15 is 0 Å². The molecule has 1 N–H and O–H groups in total. The number of methoxy groups -OCH3 is 1. The van der Waals surface area contributed by atoms with E-state index in [1.54, 1.807) is 13.3 Å². The van der Waals surface area contributed by atoms with Gasteiger partial charge in [0.05, 0.1) is 12.8 Å². The Bertz CT molecular complexity index is 986. The van der Waals surface area contributed by atoms with Gasteiger partial charge in [-0.1, -0.05) is 30.3 Å². The Labute approximate surface area is 176 Å². The minimum absolute atomic E-state index is 0.0875. The summed E-state index contributed by atoms with van der Waals surface area (Å²) in [6.45, 7) is 1.29. The van der Waals surface area contributed by atoms with Gasteiger partial charge in [-0.05, 0) is 35.9 Å². The van der Waals surface area contributed by atoms with Crippen molar-refractivity contribution in [2.45, 2.75) is 18.9 Å². The Morgan fingerprint density at radius 1 is 1.03 bits per heavy atom. The molecule has 6 nitrogen and oxygen atoms in total. The standard InChI is InChI=1S/C24H25N3O3/c1-29-23-10-3-2-9-22(23)26-24(28)27-14-11-20(12-15-27)30-21-8-4-6-18(16-21)19-7-5-13-25-17-19/h2-10,13,16-17,20H,11-12,14-15H2,1H3,(H,26,28). The molecule has 0 radical (unpaired) electrons. The highest BCUT2D eigenvalue weighted by molar-refractivity contribution is 5.91. The highest BCUT2D eigenvalue weighted by atomic mass is 16.5. The molecule has 2 amide bonds. The van der Waals surface area contributed by atoms with Crippen molar-refractivity contribution in [3.63, 3.8) is 0 Å².